The average Bonchev–Trinajstić information content (AvgIpc) is 1.97. The molecular weight excluding hydrogens is 215 g/mol. The lowest BCUT2D eigenvalue weighted by Gasteiger charge is -2.23. The third-order valence-electron chi connectivity index (χ3n) is 1.92. The standard InChI is InChI=1S/C12H16F3N/c1-8-5-9(12(13,14)15)7-10(6-8)16-11(2,3)4/h5-7,16H,1-4H3. The Morgan fingerprint density at radius 2 is 1.56 bits per heavy atom. The Morgan fingerprint density at radius 1 is 1.00 bits per heavy atom. The molecule has 1 aromatic carbocycles. The number of rotatable bonds is 1. The van der Waals surface area contributed by atoms with E-state index < -0.39 is 11.7 Å². The SMILES string of the molecule is Cc1cc(NC(C)(C)C)cc(C(F)(F)F)c1. The lowest BCUT2D eigenvalue weighted by atomic mass is 10.1. The molecule has 0 amide bonds. The molecule has 1 N–H and O–H groups in total. The first kappa shape index (κ1) is 12.9. The van der Waals surface area contributed by atoms with Gasteiger partial charge in [-0.05, 0) is 51.5 Å². The van der Waals surface area contributed by atoms with Crippen LogP contribution in [0.2, 0.25) is 0 Å². The van der Waals surface area contributed by atoms with Crippen molar-refractivity contribution in [3.05, 3.63) is 29.3 Å². The number of alkyl halides is 3. The van der Waals surface area contributed by atoms with Crippen LogP contribution in [0.3, 0.4) is 0 Å². The summed E-state index contributed by atoms with van der Waals surface area (Å²) < 4.78 is 37.7. The third-order valence-corrected chi connectivity index (χ3v) is 1.92. The van der Waals surface area contributed by atoms with Crippen LogP contribution < -0.4 is 5.32 Å². The number of hydrogen-bond acceptors (Lipinski definition) is 1. The molecule has 0 heterocycles. The minimum atomic E-state index is -4.29. The van der Waals surface area contributed by atoms with Crippen LogP contribution >= 0.6 is 0 Å². The van der Waals surface area contributed by atoms with E-state index in [9.17, 15) is 13.2 Å². The van der Waals surface area contributed by atoms with Crippen LogP contribution in [0, 0.1) is 6.92 Å². The molecule has 0 spiro atoms. The van der Waals surface area contributed by atoms with Gasteiger partial charge in [0.2, 0.25) is 0 Å². The van der Waals surface area contributed by atoms with Crippen molar-refractivity contribution < 1.29 is 13.2 Å². The predicted molar refractivity (Wildman–Crippen MR) is 59.6 cm³/mol. The van der Waals surface area contributed by atoms with E-state index in [0.29, 0.717) is 11.3 Å². The van der Waals surface area contributed by atoms with E-state index in [-0.39, 0.29) is 5.54 Å². The number of nitrogens with one attached hydrogen (secondary N) is 1. The fourth-order valence-electron chi connectivity index (χ4n) is 1.45. The Hall–Kier alpha value is -1.19. The van der Waals surface area contributed by atoms with Gasteiger partial charge in [-0.2, -0.15) is 13.2 Å². The first-order valence-electron chi connectivity index (χ1n) is 5.05. The molecular formula is C12H16F3N. The van der Waals surface area contributed by atoms with Crippen LogP contribution in [0.1, 0.15) is 31.9 Å². The van der Waals surface area contributed by atoms with Gasteiger partial charge in [0.25, 0.3) is 0 Å². The summed E-state index contributed by atoms with van der Waals surface area (Å²) in [6, 6.07) is 3.99. The summed E-state index contributed by atoms with van der Waals surface area (Å²) in [7, 11) is 0. The highest BCUT2D eigenvalue weighted by Crippen LogP contribution is 2.32. The zero-order chi connectivity index (χ0) is 12.6. The monoisotopic (exact) mass is 231 g/mol. The minimum Gasteiger partial charge on any atom is -0.380 e. The van der Waals surface area contributed by atoms with Crippen molar-refractivity contribution in [2.75, 3.05) is 5.32 Å². The molecule has 0 atom stereocenters. The molecule has 0 saturated heterocycles. The maximum atomic E-state index is 12.6. The largest absolute Gasteiger partial charge is 0.416 e. The normalized spacial score (nSPS) is 12.7. The van der Waals surface area contributed by atoms with Gasteiger partial charge < -0.3 is 5.32 Å². The van der Waals surface area contributed by atoms with Crippen LogP contribution in [-0.4, -0.2) is 5.54 Å². The molecule has 0 aliphatic rings. The van der Waals surface area contributed by atoms with Crippen LogP contribution in [0.4, 0.5) is 18.9 Å². The zero-order valence-electron chi connectivity index (χ0n) is 9.87. The molecule has 0 aliphatic carbocycles. The summed E-state index contributed by atoms with van der Waals surface area (Å²) in [5.74, 6) is 0. The Morgan fingerprint density at radius 3 is 2.00 bits per heavy atom. The Labute approximate surface area is 93.7 Å². The second-order valence-electron chi connectivity index (χ2n) is 4.96. The average molecular weight is 231 g/mol. The molecule has 0 radical (unpaired) electrons. The van der Waals surface area contributed by atoms with Gasteiger partial charge >= 0.3 is 6.18 Å². The lowest BCUT2D eigenvalue weighted by Crippen LogP contribution is -2.26. The Balaban J connectivity index is 3.09. The molecule has 0 aromatic heterocycles. The highest BCUT2D eigenvalue weighted by molar-refractivity contribution is 5.50. The smallest absolute Gasteiger partial charge is 0.380 e. The van der Waals surface area contributed by atoms with Gasteiger partial charge in [0, 0.05) is 11.2 Å². The number of anilines is 1. The molecule has 0 aliphatic heterocycles. The minimum absolute atomic E-state index is 0.253. The molecule has 0 fully saturated rings. The molecule has 0 saturated carbocycles. The van der Waals surface area contributed by atoms with Crippen molar-refractivity contribution in [3.63, 3.8) is 0 Å². The van der Waals surface area contributed by atoms with Crippen LogP contribution in [0.25, 0.3) is 0 Å². The molecule has 4 heteroatoms. The fraction of sp³-hybridized carbons (Fsp3) is 0.500. The first-order valence-corrected chi connectivity index (χ1v) is 5.05. The summed E-state index contributed by atoms with van der Waals surface area (Å²) in [5, 5.41) is 3.03. The number of aryl methyl sites for hydroxylation is 1. The van der Waals surface area contributed by atoms with Crippen molar-refractivity contribution in [1.82, 2.24) is 0 Å². The van der Waals surface area contributed by atoms with E-state index in [1.54, 1.807) is 13.0 Å². The van der Waals surface area contributed by atoms with E-state index >= 15 is 0 Å². The van der Waals surface area contributed by atoms with Crippen molar-refractivity contribution in [2.45, 2.75) is 39.4 Å². The van der Waals surface area contributed by atoms with Gasteiger partial charge in [-0.3, -0.25) is 0 Å². The zero-order valence-corrected chi connectivity index (χ0v) is 9.87. The van der Waals surface area contributed by atoms with E-state index in [4.69, 9.17) is 0 Å². The van der Waals surface area contributed by atoms with E-state index in [0.717, 1.165) is 12.1 Å². The van der Waals surface area contributed by atoms with Gasteiger partial charge in [-0.1, -0.05) is 0 Å². The number of benzene rings is 1. The van der Waals surface area contributed by atoms with Crippen molar-refractivity contribution in [3.8, 4) is 0 Å². The lowest BCUT2D eigenvalue weighted by molar-refractivity contribution is -0.137. The second-order valence-corrected chi connectivity index (χ2v) is 4.96. The van der Waals surface area contributed by atoms with Crippen molar-refractivity contribution >= 4 is 5.69 Å². The fourth-order valence-corrected chi connectivity index (χ4v) is 1.45. The molecule has 90 valence electrons. The van der Waals surface area contributed by atoms with Gasteiger partial charge in [0.05, 0.1) is 5.56 Å². The molecule has 1 nitrogen and oxygen atoms in total. The van der Waals surface area contributed by atoms with E-state index in [1.165, 1.54) is 0 Å². The molecule has 0 bridgehead atoms. The third kappa shape index (κ3) is 3.76. The Bertz CT molecular complexity index is 375. The van der Waals surface area contributed by atoms with E-state index in [1.807, 2.05) is 20.8 Å². The van der Waals surface area contributed by atoms with Gasteiger partial charge in [0.15, 0.2) is 0 Å². The highest BCUT2D eigenvalue weighted by Gasteiger charge is 2.31. The van der Waals surface area contributed by atoms with Crippen LogP contribution in [-0.2, 0) is 6.18 Å². The van der Waals surface area contributed by atoms with Gasteiger partial charge in [0.1, 0.15) is 0 Å². The summed E-state index contributed by atoms with van der Waals surface area (Å²) in [6.45, 7) is 7.37. The van der Waals surface area contributed by atoms with E-state index in [2.05, 4.69) is 5.32 Å². The molecule has 1 rings (SSSR count). The van der Waals surface area contributed by atoms with Crippen LogP contribution in [0.5, 0.6) is 0 Å². The number of hydrogen-bond donors (Lipinski definition) is 1. The van der Waals surface area contributed by atoms with Crippen molar-refractivity contribution in [1.29, 1.82) is 0 Å². The van der Waals surface area contributed by atoms with Crippen LogP contribution in [0.15, 0.2) is 18.2 Å². The summed E-state index contributed by atoms with van der Waals surface area (Å²) in [5.41, 5.74) is 0.233. The predicted octanol–water partition coefficient (Wildman–Crippen LogP) is 4.22. The molecule has 1 aromatic rings. The highest BCUT2D eigenvalue weighted by atomic mass is 19.4. The molecule has 16 heavy (non-hydrogen) atoms. The first-order chi connectivity index (χ1) is 7.08. The summed E-state index contributed by atoms with van der Waals surface area (Å²) >= 11 is 0. The topological polar surface area (TPSA) is 12.0 Å². The summed E-state index contributed by atoms with van der Waals surface area (Å²) in [4.78, 5) is 0. The van der Waals surface area contributed by atoms with Gasteiger partial charge in [-0.15, -0.1) is 0 Å². The maximum absolute atomic E-state index is 12.6. The molecule has 0 unspecified atom stereocenters. The number of halogens is 3. The van der Waals surface area contributed by atoms with Gasteiger partial charge in [-0.25, -0.2) is 0 Å². The summed E-state index contributed by atoms with van der Waals surface area (Å²) in [6.07, 6.45) is -4.29. The van der Waals surface area contributed by atoms with Crippen molar-refractivity contribution in [2.24, 2.45) is 0 Å². The Kier molecular flexibility index (Phi) is 3.22. The second kappa shape index (κ2) is 4.00. The quantitative estimate of drug-likeness (QED) is 0.762. The maximum Gasteiger partial charge on any atom is 0.416 e.